The van der Waals surface area contributed by atoms with E-state index in [2.05, 4.69) is 19.8 Å². The van der Waals surface area contributed by atoms with Gasteiger partial charge in [0.15, 0.2) is 0 Å². The lowest BCUT2D eigenvalue weighted by molar-refractivity contribution is 0.106. The molecule has 2 fully saturated rings. The van der Waals surface area contributed by atoms with E-state index in [1.807, 2.05) is 94.1 Å². The van der Waals surface area contributed by atoms with Gasteiger partial charge in [0.2, 0.25) is 23.3 Å². The molecule has 4 aromatic carbocycles. The second-order valence-electron chi connectivity index (χ2n) is 14.2. The van der Waals surface area contributed by atoms with E-state index in [9.17, 15) is 19.8 Å². The zero-order valence-electron chi connectivity index (χ0n) is 29.4. The molecule has 0 radical (unpaired) electrons. The highest BCUT2D eigenvalue weighted by atomic mass is 16.3. The average molecular weight is 705 g/mol. The van der Waals surface area contributed by atoms with Crippen molar-refractivity contribution in [2.24, 2.45) is 9.98 Å². The number of para-hydroxylation sites is 4. The van der Waals surface area contributed by atoms with E-state index in [1.165, 1.54) is 32.1 Å². The van der Waals surface area contributed by atoms with Gasteiger partial charge in [-0.05, 0) is 88.3 Å². The van der Waals surface area contributed by atoms with Crippen molar-refractivity contribution in [1.82, 2.24) is 18.9 Å². The number of benzene rings is 4. The third-order valence-corrected chi connectivity index (χ3v) is 10.9. The molecule has 0 amide bonds. The first-order chi connectivity index (χ1) is 26.0. The van der Waals surface area contributed by atoms with Crippen LogP contribution in [0, 0.1) is 0 Å². The molecule has 266 valence electrons. The summed E-state index contributed by atoms with van der Waals surface area (Å²) in [4.78, 5) is 39.6. The zero-order valence-corrected chi connectivity index (χ0v) is 29.4. The van der Waals surface area contributed by atoms with Gasteiger partial charge in [-0.1, -0.05) is 67.1 Å². The molecule has 6 heterocycles. The van der Waals surface area contributed by atoms with E-state index in [4.69, 9.17) is 0 Å². The van der Waals surface area contributed by atoms with Crippen LogP contribution in [-0.2, 0) is 13.3 Å². The standard InChI is InChI=1S/C22H21N3O2.C21H19N3O2/c26-21-15-8-2-4-10-17(15)23-20(21)19-16-9-3-5-11-18(16)25(22(19)27)14-24-12-6-1-7-13-24;25-20-14-7-1-3-9-16(14)22-19(20)18-15-8-2-4-10-17(15)24(21(18)26)13-23-11-5-6-12-23/h2-5,8-11,27H,1,6-7,12-14H2;1-4,7-10,26H,5-6,11-13H2. The third-order valence-electron chi connectivity index (χ3n) is 10.9. The molecule has 6 aromatic rings. The highest BCUT2D eigenvalue weighted by molar-refractivity contribution is 6.57. The van der Waals surface area contributed by atoms with Gasteiger partial charge in [0, 0.05) is 21.9 Å². The van der Waals surface area contributed by atoms with Crippen LogP contribution in [0.1, 0.15) is 63.9 Å². The van der Waals surface area contributed by atoms with E-state index in [0.29, 0.717) is 58.4 Å². The molecule has 0 aliphatic carbocycles. The summed E-state index contributed by atoms with van der Waals surface area (Å²) in [6.07, 6.45) is 6.02. The van der Waals surface area contributed by atoms with Crippen LogP contribution in [0.2, 0.25) is 0 Å². The summed E-state index contributed by atoms with van der Waals surface area (Å²) >= 11 is 0. The van der Waals surface area contributed by atoms with Gasteiger partial charge in [-0.15, -0.1) is 0 Å². The number of fused-ring (bicyclic) bond motifs is 4. The molecule has 0 atom stereocenters. The SMILES string of the molecule is O=C1C(c2c(O)n(CN3CCCC3)c3ccccc23)=Nc2ccccc21.O=C1C(c2c(O)n(CN3CCCCC3)c3ccccc23)=Nc2ccccc21. The Kier molecular flexibility index (Phi) is 8.48. The minimum atomic E-state index is -0.125. The summed E-state index contributed by atoms with van der Waals surface area (Å²) in [5.74, 6) is 0.00133. The van der Waals surface area contributed by atoms with Gasteiger partial charge >= 0.3 is 0 Å². The van der Waals surface area contributed by atoms with Crippen LogP contribution < -0.4 is 0 Å². The number of carbonyl (C=O) groups excluding carboxylic acids is 2. The summed E-state index contributed by atoms with van der Waals surface area (Å²) in [5, 5.41) is 23.9. The van der Waals surface area contributed by atoms with Crippen molar-refractivity contribution in [3.63, 3.8) is 0 Å². The molecule has 0 spiro atoms. The number of likely N-dealkylation sites (tertiary alicyclic amines) is 2. The highest BCUT2D eigenvalue weighted by Gasteiger charge is 2.33. The van der Waals surface area contributed by atoms with Gasteiger partial charge in [0.1, 0.15) is 11.4 Å². The number of rotatable bonds is 6. The Morgan fingerprint density at radius 3 is 1.30 bits per heavy atom. The van der Waals surface area contributed by atoms with Crippen molar-refractivity contribution in [3.8, 4) is 11.8 Å². The normalized spacial score (nSPS) is 17.2. The number of aliphatic imine (C=N–C) groups is 2. The highest BCUT2D eigenvalue weighted by Crippen LogP contribution is 2.39. The molecular weight excluding hydrogens is 665 g/mol. The van der Waals surface area contributed by atoms with Crippen molar-refractivity contribution in [2.75, 3.05) is 26.2 Å². The smallest absolute Gasteiger partial charge is 0.214 e. The summed E-state index contributed by atoms with van der Waals surface area (Å²) in [5.41, 5.74) is 6.15. The molecule has 4 aliphatic rings. The minimum absolute atomic E-state index is 0.123. The summed E-state index contributed by atoms with van der Waals surface area (Å²) in [6.45, 7) is 5.39. The van der Waals surface area contributed by atoms with Crippen LogP contribution in [0.4, 0.5) is 11.4 Å². The lowest BCUT2D eigenvalue weighted by Crippen LogP contribution is -2.31. The minimum Gasteiger partial charge on any atom is -0.494 e. The van der Waals surface area contributed by atoms with Crippen LogP contribution in [0.15, 0.2) is 107 Å². The molecular formula is C43H40N6O4. The number of aromatic nitrogens is 2. The average Bonchev–Trinajstić information content (AvgIpc) is 4.01. The zero-order chi connectivity index (χ0) is 36.1. The predicted octanol–water partition coefficient (Wildman–Crippen LogP) is 7.82. The largest absolute Gasteiger partial charge is 0.494 e. The van der Waals surface area contributed by atoms with Gasteiger partial charge in [0.25, 0.3) is 0 Å². The molecule has 0 unspecified atom stereocenters. The molecule has 10 heteroatoms. The number of nitrogens with zero attached hydrogens (tertiary/aromatic N) is 6. The first kappa shape index (κ1) is 33.0. The van der Waals surface area contributed by atoms with Crippen molar-refractivity contribution < 1.29 is 19.8 Å². The van der Waals surface area contributed by atoms with E-state index in [1.54, 1.807) is 12.1 Å². The van der Waals surface area contributed by atoms with Crippen LogP contribution in [0.25, 0.3) is 21.8 Å². The van der Waals surface area contributed by atoms with Crippen molar-refractivity contribution in [2.45, 2.75) is 45.4 Å². The fourth-order valence-corrected chi connectivity index (χ4v) is 8.22. The topological polar surface area (TPSA) is 116 Å². The molecule has 2 N–H and O–H groups in total. The number of carbonyl (C=O) groups is 2. The van der Waals surface area contributed by atoms with E-state index in [0.717, 1.165) is 48.0 Å². The maximum absolute atomic E-state index is 12.9. The van der Waals surface area contributed by atoms with E-state index < -0.39 is 0 Å². The van der Waals surface area contributed by atoms with Gasteiger partial charge in [-0.25, -0.2) is 9.98 Å². The molecule has 4 aliphatic heterocycles. The van der Waals surface area contributed by atoms with Crippen LogP contribution >= 0.6 is 0 Å². The Labute approximate surface area is 306 Å². The Morgan fingerprint density at radius 1 is 0.491 bits per heavy atom. The lowest BCUT2D eigenvalue weighted by atomic mass is 10.0. The second kappa shape index (κ2) is 13.6. The number of hydrogen-bond donors (Lipinski definition) is 2. The Balaban J connectivity index is 0.000000141. The number of aromatic hydroxyl groups is 2. The van der Waals surface area contributed by atoms with Crippen LogP contribution in [-0.4, -0.2) is 78.3 Å². The number of hydrogen-bond acceptors (Lipinski definition) is 8. The first-order valence-electron chi connectivity index (χ1n) is 18.5. The molecule has 0 saturated carbocycles. The van der Waals surface area contributed by atoms with Crippen molar-refractivity contribution in [3.05, 3.63) is 119 Å². The number of piperidine rings is 1. The fraction of sp³-hybridized carbons (Fsp3) is 0.256. The Hall–Kier alpha value is -5.84. The van der Waals surface area contributed by atoms with E-state index in [-0.39, 0.29) is 23.3 Å². The van der Waals surface area contributed by atoms with Crippen molar-refractivity contribution >= 4 is 56.2 Å². The molecule has 2 saturated heterocycles. The lowest BCUT2D eigenvalue weighted by Gasteiger charge is -2.27. The van der Waals surface area contributed by atoms with Crippen LogP contribution in [0.5, 0.6) is 11.8 Å². The van der Waals surface area contributed by atoms with Gasteiger partial charge in [-0.2, -0.15) is 0 Å². The monoisotopic (exact) mass is 704 g/mol. The van der Waals surface area contributed by atoms with Gasteiger partial charge in [0.05, 0.1) is 46.9 Å². The summed E-state index contributed by atoms with van der Waals surface area (Å²) < 4.78 is 3.81. The van der Waals surface area contributed by atoms with Crippen LogP contribution in [0.3, 0.4) is 0 Å². The predicted molar refractivity (Wildman–Crippen MR) is 207 cm³/mol. The molecule has 2 aromatic heterocycles. The fourth-order valence-electron chi connectivity index (χ4n) is 8.22. The first-order valence-corrected chi connectivity index (χ1v) is 18.5. The van der Waals surface area contributed by atoms with Crippen molar-refractivity contribution in [1.29, 1.82) is 0 Å². The molecule has 10 nitrogen and oxygen atoms in total. The second-order valence-corrected chi connectivity index (χ2v) is 14.2. The Bertz CT molecular complexity index is 2480. The molecule has 0 bridgehead atoms. The van der Waals surface area contributed by atoms with Gasteiger partial charge < -0.3 is 10.2 Å². The maximum atomic E-state index is 12.9. The van der Waals surface area contributed by atoms with Gasteiger partial charge in [-0.3, -0.25) is 28.5 Å². The third kappa shape index (κ3) is 5.75. The quantitative estimate of drug-likeness (QED) is 0.183. The van der Waals surface area contributed by atoms with E-state index >= 15 is 0 Å². The molecule has 10 rings (SSSR count). The Morgan fingerprint density at radius 2 is 0.868 bits per heavy atom. The summed E-state index contributed by atoms with van der Waals surface area (Å²) in [7, 11) is 0. The number of ketones is 2. The molecule has 53 heavy (non-hydrogen) atoms. The number of Topliss-reactive ketones (excluding diaryl/α,β-unsaturated/α-hetero) is 2. The summed E-state index contributed by atoms with van der Waals surface area (Å²) in [6, 6.07) is 30.3. The maximum Gasteiger partial charge on any atom is 0.214 e.